The van der Waals surface area contributed by atoms with Crippen molar-refractivity contribution in [1.29, 1.82) is 0 Å². The van der Waals surface area contributed by atoms with Crippen molar-refractivity contribution in [2.45, 2.75) is 32.2 Å². The van der Waals surface area contributed by atoms with Crippen molar-refractivity contribution in [2.75, 3.05) is 18.9 Å². The van der Waals surface area contributed by atoms with Crippen LogP contribution in [0.15, 0.2) is 0 Å². The second-order valence-electron chi connectivity index (χ2n) is 5.14. The van der Waals surface area contributed by atoms with Crippen LogP contribution >= 0.6 is 0 Å². The normalized spacial score (nSPS) is 23.9. The van der Waals surface area contributed by atoms with Gasteiger partial charge in [0.25, 0.3) is 5.91 Å². The van der Waals surface area contributed by atoms with Crippen molar-refractivity contribution < 1.29 is 9.53 Å². The molecule has 1 aromatic heterocycles. The van der Waals surface area contributed by atoms with Crippen LogP contribution < -0.4 is 11.1 Å². The largest absolute Gasteiger partial charge is 0.395 e. The number of hydrogen-bond donors (Lipinski definition) is 2. The zero-order valence-electron chi connectivity index (χ0n) is 11.1. The fourth-order valence-electron chi connectivity index (χ4n) is 2.31. The van der Waals surface area contributed by atoms with Crippen LogP contribution in [0.4, 0.5) is 5.69 Å². The highest BCUT2D eigenvalue weighted by Crippen LogP contribution is 2.21. The molecule has 3 N–H and O–H groups in total. The first-order chi connectivity index (χ1) is 8.43. The summed E-state index contributed by atoms with van der Waals surface area (Å²) in [5.41, 5.74) is 7.09. The van der Waals surface area contributed by atoms with Gasteiger partial charge in [0.05, 0.1) is 23.5 Å². The number of nitrogens with zero attached hydrogens (tertiary/aromatic N) is 2. The first-order valence-electron chi connectivity index (χ1n) is 6.12. The molecular weight excluding hydrogens is 232 g/mol. The van der Waals surface area contributed by atoms with Crippen molar-refractivity contribution in [3.63, 3.8) is 0 Å². The van der Waals surface area contributed by atoms with Gasteiger partial charge in [-0.1, -0.05) is 0 Å². The molecule has 0 aromatic carbocycles. The molecule has 0 aliphatic carbocycles. The predicted octanol–water partition coefficient (Wildman–Crippen LogP) is 0.610. The lowest BCUT2D eigenvalue weighted by molar-refractivity contribution is 0.0270. The first-order valence-corrected chi connectivity index (χ1v) is 6.12. The number of amides is 1. The molecule has 6 heteroatoms. The van der Waals surface area contributed by atoms with E-state index in [-0.39, 0.29) is 11.4 Å². The van der Waals surface area contributed by atoms with E-state index in [0.717, 1.165) is 19.4 Å². The average Bonchev–Trinajstić information content (AvgIpc) is 2.53. The van der Waals surface area contributed by atoms with E-state index in [1.54, 1.807) is 14.0 Å². The Balaban J connectivity index is 2.16. The molecule has 6 nitrogen and oxygen atoms in total. The van der Waals surface area contributed by atoms with Gasteiger partial charge in [-0.15, -0.1) is 0 Å². The second-order valence-corrected chi connectivity index (χ2v) is 5.14. The minimum absolute atomic E-state index is 0.191. The number of anilines is 1. The van der Waals surface area contributed by atoms with E-state index in [0.29, 0.717) is 23.7 Å². The summed E-state index contributed by atoms with van der Waals surface area (Å²) < 4.78 is 6.94. The lowest BCUT2D eigenvalue weighted by atomic mass is 9.94. The Bertz CT molecular complexity index is 461. The molecule has 2 heterocycles. The molecule has 0 spiro atoms. The summed E-state index contributed by atoms with van der Waals surface area (Å²) in [6.45, 7) is 5.08. The molecule has 1 aliphatic heterocycles. The fourth-order valence-corrected chi connectivity index (χ4v) is 2.31. The van der Waals surface area contributed by atoms with Gasteiger partial charge in [-0.3, -0.25) is 9.48 Å². The van der Waals surface area contributed by atoms with Gasteiger partial charge in [-0.25, -0.2) is 0 Å². The number of carbonyl (C=O) groups excluding carboxylic acids is 1. The molecular formula is C12H20N4O2. The Morgan fingerprint density at radius 1 is 1.61 bits per heavy atom. The zero-order valence-corrected chi connectivity index (χ0v) is 11.1. The van der Waals surface area contributed by atoms with E-state index in [1.807, 2.05) is 6.92 Å². The molecule has 1 aliphatic rings. The average molecular weight is 252 g/mol. The molecule has 1 aromatic rings. The molecule has 18 heavy (non-hydrogen) atoms. The van der Waals surface area contributed by atoms with Crippen LogP contribution in [0.3, 0.4) is 0 Å². The third-order valence-electron chi connectivity index (χ3n) is 3.34. The molecule has 0 radical (unpaired) electrons. The number of aryl methyl sites for hydroxylation is 2. The number of aromatic nitrogens is 2. The third kappa shape index (κ3) is 2.33. The van der Waals surface area contributed by atoms with Gasteiger partial charge < -0.3 is 15.8 Å². The van der Waals surface area contributed by atoms with Crippen LogP contribution in [0.25, 0.3) is 0 Å². The van der Waals surface area contributed by atoms with Gasteiger partial charge in [-0.2, -0.15) is 5.10 Å². The number of rotatable bonds is 2. The molecule has 1 saturated heterocycles. The molecule has 0 saturated carbocycles. The second kappa shape index (κ2) is 4.61. The molecule has 1 atom stereocenters. The molecule has 0 bridgehead atoms. The lowest BCUT2D eigenvalue weighted by Gasteiger charge is -2.34. The summed E-state index contributed by atoms with van der Waals surface area (Å²) >= 11 is 0. The Morgan fingerprint density at radius 3 is 2.83 bits per heavy atom. The fraction of sp³-hybridized carbons (Fsp3) is 0.667. The Morgan fingerprint density at radius 2 is 2.33 bits per heavy atom. The van der Waals surface area contributed by atoms with Crippen LogP contribution in [-0.2, 0) is 11.8 Å². The van der Waals surface area contributed by atoms with Crippen molar-refractivity contribution in [3.05, 3.63) is 11.4 Å². The summed E-state index contributed by atoms with van der Waals surface area (Å²) in [5.74, 6) is -0.191. The van der Waals surface area contributed by atoms with Crippen LogP contribution in [0.2, 0.25) is 0 Å². The quantitative estimate of drug-likeness (QED) is 0.808. The Kier molecular flexibility index (Phi) is 3.30. The van der Waals surface area contributed by atoms with E-state index >= 15 is 0 Å². The topological polar surface area (TPSA) is 82.2 Å². The highest BCUT2D eigenvalue weighted by molar-refractivity contribution is 5.98. The standard InChI is InChI=1S/C12H20N4O2/c1-8-9(13)10(16(3)15-8)11(17)14-12(2)5-4-6-18-7-12/h4-7,13H2,1-3H3,(H,14,17). The minimum Gasteiger partial charge on any atom is -0.395 e. The van der Waals surface area contributed by atoms with E-state index in [1.165, 1.54) is 4.68 Å². The van der Waals surface area contributed by atoms with Crippen molar-refractivity contribution in [1.82, 2.24) is 15.1 Å². The summed E-state index contributed by atoms with van der Waals surface area (Å²) in [6, 6.07) is 0. The van der Waals surface area contributed by atoms with Gasteiger partial charge in [0.2, 0.25) is 0 Å². The van der Waals surface area contributed by atoms with Crippen molar-refractivity contribution in [2.24, 2.45) is 7.05 Å². The van der Waals surface area contributed by atoms with E-state index in [9.17, 15) is 4.79 Å². The summed E-state index contributed by atoms with van der Waals surface area (Å²) in [6.07, 6.45) is 1.87. The number of nitrogens with two attached hydrogens (primary N) is 1. The van der Waals surface area contributed by atoms with Gasteiger partial charge >= 0.3 is 0 Å². The monoisotopic (exact) mass is 252 g/mol. The maximum Gasteiger partial charge on any atom is 0.272 e. The van der Waals surface area contributed by atoms with Gasteiger partial charge in [0.15, 0.2) is 0 Å². The highest BCUT2D eigenvalue weighted by Gasteiger charge is 2.31. The van der Waals surface area contributed by atoms with Gasteiger partial charge in [-0.05, 0) is 26.7 Å². The van der Waals surface area contributed by atoms with E-state index in [2.05, 4.69) is 10.4 Å². The maximum atomic E-state index is 12.3. The number of nitrogens with one attached hydrogen (secondary N) is 1. The number of carbonyl (C=O) groups is 1. The first kappa shape index (κ1) is 12.9. The van der Waals surface area contributed by atoms with Crippen LogP contribution in [0.5, 0.6) is 0 Å². The zero-order chi connectivity index (χ0) is 13.3. The van der Waals surface area contributed by atoms with E-state index in [4.69, 9.17) is 10.5 Å². The molecule has 2 rings (SSSR count). The number of hydrogen-bond acceptors (Lipinski definition) is 4. The van der Waals surface area contributed by atoms with Crippen LogP contribution in [0.1, 0.15) is 35.9 Å². The third-order valence-corrected chi connectivity index (χ3v) is 3.34. The summed E-state index contributed by atoms with van der Waals surface area (Å²) in [5, 5.41) is 7.15. The van der Waals surface area contributed by atoms with E-state index < -0.39 is 0 Å². The van der Waals surface area contributed by atoms with Crippen LogP contribution in [-0.4, -0.2) is 34.4 Å². The number of nitrogen functional groups attached to an aromatic ring is 1. The molecule has 1 fully saturated rings. The van der Waals surface area contributed by atoms with Gasteiger partial charge in [0.1, 0.15) is 5.69 Å². The molecule has 1 unspecified atom stereocenters. The maximum absolute atomic E-state index is 12.3. The smallest absolute Gasteiger partial charge is 0.272 e. The predicted molar refractivity (Wildman–Crippen MR) is 68.3 cm³/mol. The van der Waals surface area contributed by atoms with Crippen LogP contribution in [0, 0.1) is 6.92 Å². The minimum atomic E-state index is -0.319. The molecule has 100 valence electrons. The molecule has 1 amide bonds. The Labute approximate surface area is 106 Å². The van der Waals surface area contributed by atoms with Crippen molar-refractivity contribution in [3.8, 4) is 0 Å². The summed E-state index contributed by atoms with van der Waals surface area (Å²) in [7, 11) is 1.72. The summed E-state index contributed by atoms with van der Waals surface area (Å²) in [4.78, 5) is 12.3. The SMILES string of the molecule is Cc1nn(C)c(C(=O)NC2(C)CCCOC2)c1N. The number of ether oxygens (including phenoxy) is 1. The highest BCUT2D eigenvalue weighted by atomic mass is 16.5. The lowest BCUT2D eigenvalue weighted by Crippen LogP contribution is -2.52. The van der Waals surface area contributed by atoms with Gasteiger partial charge in [0, 0.05) is 13.7 Å². The Hall–Kier alpha value is -1.56. The van der Waals surface area contributed by atoms with Crippen molar-refractivity contribution >= 4 is 11.6 Å².